The van der Waals surface area contributed by atoms with Crippen molar-refractivity contribution >= 4 is 23.7 Å². The quantitative estimate of drug-likeness (QED) is 0.824. The molecule has 1 unspecified atom stereocenters. The van der Waals surface area contributed by atoms with Gasteiger partial charge >= 0.3 is 11.9 Å². The molecule has 1 atom stereocenters. The normalized spacial score (nSPS) is 16.7. The van der Waals surface area contributed by atoms with Gasteiger partial charge < -0.3 is 19.3 Å². The number of benzene rings is 1. The summed E-state index contributed by atoms with van der Waals surface area (Å²) in [6.45, 7) is 0. The molecule has 6 nitrogen and oxygen atoms in total. The minimum absolute atomic E-state index is 0.147. The zero-order valence-electron chi connectivity index (χ0n) is 10.3. The summed E-state index contributed by atoms with van der Waals surface area (Å²) >= 11 is 1.03. The monoisotopic (exact) mass is 284 g/mol. The maximum absolute atomic E-state index is 11.8. The van der Waals surface area contributed by atoms with Gasteiger partial charge in [0, 0.05) is 5.56 Å². The van der Waals surface area contributed by atoms with Crippen LogP contribution in [0.25, 0.3) is 0 Å². The first-order chi connectivity index (χ1) is 9.08. The molecular weight excluding hydrogens is 272 g/mol. The molecule has 0 amide bonds. The molecule has 0 bridgehead atoms. The molecule has 102 valence electrons. The van der Waals surface area contributed by atoms with E-state index in [9.17, 15) is 9.59 Å². The lowest BCUT2D eigenvalue weighted by atomic mass is 10.1. The molecule has 1 aliphatic heterocycles. The summed E-state index contributed by atoms with van der Waals surface area (Å²) in [6.07, 6.45) is 0. The summed E-state index contributed by atoms with van der Waals surface area (Å²) in [5, 5.41) is 8.66. The van der Waals surface area contributed by atoms with Crippen LogP contribution in [0, 0.1) is 0 Å². The number of hydrogen-bond acceptors (Lipinski definition) is 6. The number of fused-ring (bicyclic) bond motifs is 1. The second-order valence-corrected chi connectivity index (χ2v) is 4.76. The highest BCUT2D eigenvalue weighted by atomic mass is 32.2. The molecule has 1 aromatic rings. The highest BCUT2D eigenvalue weighted by Gasteiger charge is 2.36. The number of carboxylic acid groups (broad SMARTS) is 1. The highest BCUT2D eigenvalue weighted by Crippen LogP contribution is 2.45. The van der Waals surface area contributed by atoms with Crippen LogP contribution in [0.2, 0.25) is 0 Å². The molecule has 1 heterocycles. The molecule has 1 aliphatic rings. The van der Waals surface area contributed by atoms with E-state index in [0.29, 0.717) is 22.6 Å². The van der Waals surface area contributed by atoms with Crippen molar-refractivity contribution in [2.24, 2.45) is 0 Å². The Hall–Kier alpha value is -1.89. The summed E-state index contributed by atoms with van der Waals surface area (Å²) in [4.78, 5) is 22.4. The third kappa shape index (κ3) is 2.46. The van der Waals surface area contributed by atoms with Crippen molar-refractivity contribution < 1.29 is 28.9 Å². The average molecular weight is 284 g/mol. The van der Waals surface area contributed by atoms with Gasteiger partial charge in [-0.2, -0.15) is 0 Å². The van der Waals surface area contributed by atoms with Gasteiger partial charge in [-0.3, -0.25) is 4.79 Å². The summed E-state index contributed by atoms with van der Waals surface area (Å²) < 4.78 is 15.4. The predicted molar refractivity (Wildman–Crippen MR) is 67.8 cm³/mol. The first-order valence-electron chi connectivity index (χ1n) is 5.37. The van der Waals surface area contributed by atoms with E-state index in [-0.39, 0.29) is 5.75 Å². The standard InChI is InChI=1S/C12H12O6S/c1-16-7-4-3-6-9(10(7)17-2)11(15)18-12(6)19-5-8(13)14/h3-4,12H,5H2,1-2H3,(H,13,14). The SMILES string of the molecule is COc1ccc2c(c1OC)C(=O)OC2SCC(=O)O. The Bertz CT molecular complexity index is 527. The number of carbonyl (C=O) groups excluding carboxylic acids is 1. The first kappa shape index (κ1) is 13.5. The second kappa shape index (κ2) is 5.40. The predicted octanol–water partition coefficient (Wildman–Crippen LogP) is 1.69. The topological polar surface area (TPSA) is 82.1 Å². The van der Waals surface area contributed by atoms with Crippen molar-refractivity contribution in [1.29, 1.82) is 0 Å². The van der Waals surface area contributed by atoms with Crippen LogP contribution in [0.4, 0.5) is 0 Å². The van der Waals surface area contributed by atoms with Crippen LogP contribution in [0.15, 0.2) is 12.1 Å². The van der Waals surface area contributed by atoms with Crippen molar-refractivity contribution in [3.8, 4) is 11.5 Å². The van der Waals surface area contributed by atoms with Gasteiger partial charge in [0.1, 0.15) is 5.56 Å². The van der Waals surface area contributed by atoms with Crippen molar-refractivity contribution in [1.82, 2.24) is 0 Å². The van der Waals surface area contributed by atoms with Gasteiger partial charge in [0.15, 0.2) is 16.9 Å². The van der Waals surface area contributed by atoms with Crippen LogP contribution in [0.3, 0.4) is 0 Å². The fourth-order valence-corrected chi connectivity index (χ4v) is 2.66. The molecule has 7 heteroatoms. The van der Waals surface area contributed by atoms with Gasteiger partial charge in [0.2, 0.25) is 0 Å². The number of carbonyl (C=O) groups is 2. The Morgan fingerprint density at radius 2 is 2.16 bits per heavy atom. The number of cyclic esters (lactones) is 1. The number of esters is 1. The second-order valence-electron chi connectivity index (χ2n) is 3.71. The summed E-state index contributed by atoms with van der Waals surface area (Å²) in [5.74, 6) is -0.903. The highest BCUT2D eigenvalue weighted by molar-refractivity contribution is 8.00. The number of carboxylic acids is 1. The fraction of sp³-hybridized carbons (Fsp3) is 0.333. The summed E-state index contributed by atoms with van der Waals surface area (Å²) in [5.41, 5.74) is 0.275. The zero-order valence-corrected chi connectivity index (χ0v) is 11.2. The minimum atomic E-state index is -0.963. The Labute approximate surface area is 113 Å². The lowest BCUT2D eigenvalue weighted by Gasteiger charge is -2.11. The number of thioether (sulfide) groups is 1. The molecule has 1 aromatic carbocycles. The van der Waals surface area contributed by atoms with Gasteiger partial charge in [-0.25, -0.2) is 4.79 Å². The average Bonchev–Trinajstić information content (AvgIpc) is 2.72. The number of rotatable bonds is 5. The van der Waals surface area contributed by atoms with Crippen molar-refractivity contribution in [3.63, 3.8) is 0 Å². The molecule has 0 fully saturated rings. The Morgan fingerprint density at radius 3 is 2.74 bits per heavy atom. The van der Waals surface area contributed by atoms with Gasteiger partial charge in [-0.05, 0) is 12.1 Å². The molecule has 2 rings (SSSR count). The van der Waals surface area contributed by atoms with E-state index in [0.717, 1.165) is 11.8 Å². The number of ether oxygens (including phenoxy) is 3. The lowest BCUT2D eigenvalue weighted by molar-refractivity contribution is -0.133. The molecule has 0 spiro atoms. The minimum Gasteiger partial charge on any atom is -0.493 e. The van der Waals surface area contributed by atoms with Crippen molar-refractivity contribution in [3.05, 3.63) is 23.3 Å². The lowest BCUT2D eigenvalue weighted by Crippen LogP contribution is -2.02. The van der Waals surface area contributed by atoms with E-state index in [1.165, 1.54) is 14.2 Å². The van der Waals surface area contributed by atoms with Crippen LogP contribution < -0.4 is 9.47 Å². The molecular formula is C12H12O6S. The number of hydrogen-bond donors (Lipinski definition) is 1. The molecule has 0 aromatic heterocycles. The van der Waals surface area contributed by atoms with E-state index in [1.807, 2.05) is 0 Å². The third-order valence-electron chi connectivity index (χ3n) is 2.61. The molecule has 1 N–H and O–H groups in total. The van der Waals surface area contributed by atoms with Gasteiger partial charge in [-0.1, -0.05) is 0 Å². The Kier molecular flexibility index (Phi) is 3.84. The third-order valence-corrected chi connectivity index (χ3v) is 3.67. The molecule has 19 heavy (non-hydrogen) atoms. The van der Waals surface area contributed by atoms with Crippen LogP contribution in [-0.4, -0.2) is 37.0 Å². The van der Waals surface area contributed by atoms with E-state index < -0.39 is 17.4 Å². The molecule has 0 aliphatic carbocycles. The largest absolute Gasteiger partial charge is 0.493 e. The Balaban J connectivity index is 2.37. The van der Waals surface area contributed by atoms with Crippen LogP contribution >= 0.6 is 11.8 Å². The van der Waals surface area contributed by atoms with E-state index in [2.05, 4.69) is 0 Å². The summed E-state index contributed by atoms with van der Waals surface area (Å²) in [7, 11) is 2.91. The molecule has 0 saturated carbocycles. The van der Waals surface area contributed by atoms with Crippen LogP contribution in [-0.2, 0) is 9.53 Å². The fourth-order valence-electron chi connectivity index (χ4n) is 1.84. The smallest absolute Gasteiger partial charge is 0.344 e. The van der Waals surface area contributed by atoms with Gasteiger partial charge in [0.25, 0.3) is 0 Å². The van der Waals surface area contributed by atoms with Gasteiger partial charge in [-0.15, -0.1) is 11.8 Å². The van der Waals surface area contributed by atoms with Gasteiger partial charge in [0.05, 0.1) is 20.0 Å². The maximum Gasteiger partial charge on any atom is 0.344 e. The van der Waals surface area contributed by atoms with Crippen molar-refractivity contribution in [2.75, 3.05) is 20.0 Å². The molecule has 0 saturated heterocycles. The van der Waals surface area contributed by atoms with E-state index >= 15 is 0 Å². The number of methoxy groups -OCH3 is 2. The zero-order chi connectivity index (χ0) is 14.0. The Morgan fingerprint density at radius 1 is 1.42 bits per heavy atom. The van der Waals surface area contributed by atoms with Crippen LogP contribution in [0.5, 0.6) is 11.5 Å². The van der Waals surface area contributed by atoms with Crippen molar-refractivity contribution in [2.45, 2.75) is 5.44 Å². The van der Waals surface area contributed by atoms with E-state index in [4.69, 9.17) is 19.3 Å². The maximum atomic E-state index is 11.8. The summed E-state index contributed by atoms with van der Waals surface area (Å²) in [6, 6.07) is 3.34. The first-order valence-corrected chi connectivity index (χ1v) is 6.42. The molecule has 0 radical (unpaired) electrons. The van der Waals surface area contributed by atoms with E-state index in [1.54, 1.807) is 12.1 Å². The number of aliphatic carboxylic acids is 1. The van der Waals surface area contributed by atoms with Crippen LogP contribution in [0.1, 0.15) is 21.4 Å².